The second-order valence-electron chi connectivity index (χ2n) is 5.49. The van der Waals surface area contributed by atoms with Gasteiger partial charge in [0.1, 0.15) is 5.69 Å². The molecule has 0 aromatic heterocycles. The molecule has 1 atom stereocenters. The van der Waals surface area contributed by atoms with Gasteiger partial charge in [0, 0.05) is 19.2 Å². The lowest BCUT2D eigenvalue weighted by molar-refractivity contribution is -0.384. The lowest BCUT2D eigenvalue weighted by Gasteiger charge is -2.21. The summed E-state index contributed by atoms with van der Waals surface area (Å²) in [6.07, 6.45) is 0.344. The molecule has 1 aromatic rings. The quantitative estimate of drug-likeness (QED) is 0.606. The summed E-state index contributed by atoms with van der Waals surface area (Å²) in [4.78, 5) is 22.9. The fourth-order valence-electron chi connectivity index (χ4n) is 2.44. The number of benzene rings is 1. The average molecular weight is 329 g/mol. The summed E-state index contributed by atoms with van der Waals surface area (Å²) in [7, 11) is -4.05. The van der Waals surface area contributed by atoms with Crippen molar-refractivity contribution in [2.75, 3.05) is 18.0 Å². The van der Waals surface area contributed by atoms with Gasteiger partial charge in [0.05, 0.1) is 15.2 Å². The highest BCUT2D eigenvalue weighted by Gasteiger charge is 2.42. The lowest BCUT2D eigenvalue weighted by Crippen LogP contribution is -2.31. The number of nitrogens with two attached hydrogens (primary N) is 1. The molecule has 22 heavy (non-hydrogen) atoms. The molecule has 1 aliphatic heterocycles. The zero-order valence-corrected chi connectivity index (χ0v) is 12.5. The van der Waals surface area contributed by atoms with Crippen LogP contribution in [0.1, 0.15) is 13.3 Å². The highest BCUT2D eigenvalue weighted by Crippen LogP contribution is 2.38. The summed E-state index contributed by atoms with van der Waals surface area (Å²) < 4.78 is 22.6. The maximum absolute atomic E-state index is 11.3. The van der Waals surface area contributed by atoms with Gasteiger partial charge in [-0.25, -0.2) is 13.6 Å². The van der Waals surface area contributed by atoms with Crippen LogP contribution in [0.15, 0.2) is 23.1 Å². The minimum atomic E-state index is -4.05. The predicted molar refractivity (Wildman–Crippen MR) is 77.0 cm³/mol. The Balaban J connectivity index is 2.45. The summed E-state index contributed by atoms with van der Waals surface area (Å²) in [5, 5.41) is 25.4. The molecule has 0 radical (unpaired) electrons. The zero-order chi connectivity index (χ0) is 16.7. The first-order chi connectivity index (χ1) is 10.0. The molecule has 120 valence electrons. The van der Waals surface area contributed by atoms with Gasteiger partial charge in [-0.1, -0.05) is 0 Å². The van der Waals surface area contributed by atoms with Crippen molar-refractivity contribution in [2.24, 2.45) is 10.6 Å². The van der Waals surface area contributed by atoms with Crippen LogP contribution >= 0.6 is 0 Å². The number of nitro groups is 1. The molecule has 0 aliphatic carbocycles. The number of hydrogen-bond donors (Lipinski definition) is 2. The monoisotopic (exact) mass is 329 g/mol. The Kier molecular flexibility index (Phi) is 3.83. The fourth-order valence-corrected chi connectivity index (χ4v) is 2.97. The standard InChI is InChI=1S/C12H15N3O6S/c1-12(11(16)17)4-5-14(7-12)9-3-2-8(22(13,20)21)6-10(9)15(18)19/h2-3,6H,4-5,7H2,1H3,(H,16,17)(H2,13,20,21). The van der Waals surface area contributed by atoms with Crippen LogP contribution < -0.4 is 10.0 Å². The van der Waals surface area contributed by atoms with Gasteiger partial charge in [-0.3, -0.25) is 14.9 Å². The molecule has 2 rings (SSSR count). The molecule has 9 nitrogen and oxygen atoms in total. The molecule has 0 saturated carbocycles. The molecule has 0 amide bonds. The molecule has 1 aliphatic rings. The number of sulfonamides is 1. The highest BCUT2D eigenvalue weighted by atomic mass is 32.2. The first kappa shape index (κ1) is 16.2. The van der Waals surface area contributed by atoms with E-state index in [1.807, 2.05) is 0 Å². The average Bonchev–Trinajstić information content (AvgIpc) is 2.81. The maximum Gasteiger partial charge on any atom is 0.311 e. The van der Waals surface area contributed by atoms with Gasteiger partial charge >= 0.3 is 5.97 Å². The van der Waals surface area contributed by atoms with Gasteiger partial charge in [-0.05, 0) is 25.5 Å². The molecule has 1 aromatic carbocycles. The number of anilines is 1. The second-order valence-corrected chi connectivity index (χ2v) is 7.05. The lowest BCUT2D eigenvalue weighted by atomic mass is 9.90. The third kappa shape index (κ3) is 2.88. The summed E-state index contributed by atoms with van der Waals surface area (Å²) in [6, 6.07) is 3.35. The van der Waals surface area contributed by atoms with Crippen LogP contribution in [-0.2, 0) is 14.8 Å². The van der Waals surface area contributed by atoms with Gasteiger partial charge in [-0.15, -0.1) is 0 Å². The fraction of sp³-hybridized carbons (Fsp3) is 0.417. The number of nitrogens with zero attached hydrogens (tertiary/aromatic N) is 2. The van der Waals surface area contributed by atoms with E-state index in [1.165, 1.54) is 12.1 Å². The van der Waals surface area contributed by atoms with Gasteiger partial charge in [0.25, 0.3) is 5.69 Å². The van der Waals surface area contributed by atoms with Crippen molar-refractivity contribution in [1.82, 2.24) is 0 Å². The van der Waals surface area contributed by atoms with Crippen molar-refractivity contribution in [3.05, 3.63) is 28.3 Å². The smallest absolute Gasteiger partial charge is 0.311 e. The predicted octanol–water partition coefficient (Wildman–Crippen LogP) is 0.543. The summed E-state index contributed by atoms with van der Waals surface area (Å²) in [5.41, 5.74) is -1.23. The largest absolute Gasteiger partial charge is 0.481 e. The number of rotatable bonds is 4. The molecule has 10 heteroatoms. The number of hydrogen-bond acceptors (Lipinski definition) is 6. The Morgan fingerprint density at radius 3 is 2.59 bits per heavy atom. The Morgan fingerprint density at radius 1 is 1.50 bits per heavy atom. The first-order valence-electron chi connectivity index (χ1n) is 6.34. The number of carbonyl (C=O) groups is 1. The summed E-state index contributed by atoms with van der Waals surface area (Å²) >= 11 is 0. The number of carboxylic acids is 1. The van der Waals surface area contributed by atoms with Crippen molar-refractivity contribution in [2.45, 2.75) is 18.2 Å². The highest BCUT2D eigenvalue weighted by molar-refractivity contribution is 7.89. The molecular formula is C12H15N3O6S. The van der Waals surface area contributed by atoms with E-state index in [1.54, 1.807) is 11.8 Å². The van der Waals surface area contributed by atoms with Crippen LogP contribution in [0, 0.1) is 15.5 Å². The molecule has 0 bridgehead atoms. The summed E-state index contributed by atoms with van der Waals surface area (Å²) in [5.74, 6) is -0.973. The Bertz CT molecular complexity index is 747. The van der Waals surface area contributed by atoms with Crippen LogP contribution in [0.3, 0.4) is 0 Å². The van der Waals surface area contributed by atoms with Gasteiger partial charge in [0.2, 0.25) is 10.0 Å². The van der Waals surface area contributed by atoms with E-state index in [2.05, 4.69) is 0 Å². The van der Waals surface area contributed by atoms with Crippen molar-refractivity contribution in [3.8, 4) is 0 Å². The van der Waals surface area contributed by atoms with Crippen LogP contribution in [0.25, 0.3) is 0 Å². The van der Waals surface area contributed by atoms with Crippen LogP contribution in [0.5, 0.6) is 0 Å². The Labute approximate surface area is 126 Å². The van der Waals surface area contributed by atoms with Crippen molar-refractivity contribution in [3.63, 3.8) is 0 Å². The first-order valence-corrected chi connectivity index (χ1v) is 7.89. The maximum atomic E-state index is 11.3. The van der Waals surface area contributed by atoms with Gasteiger partial charge < -0.3 is 10.0 Å². The van der Waals surface area contributed by atoms with E-state index in [0.29, 0.717) is 13.0 Å². The minimum Gasteiger partial charge on any atom is -0.481 e. The zero-order valence-electron chi connectivity index (χ0n) is 11.7. The SMILES string of the molecule is CC1(C(=O)O)CCN(c2ccc(S(N)(=O)=O)cc2[N+](=O)[O-])C1. The minimum absolute atomic E-state index is 0.109. The normalized spacial score (nSPS) is 21.8. The van der Waals surface area contributed by atoms with E-state index in [0.717, 1.165) is 6.07 Å². The van der Waals surface area contributed by atoms with Crippen LogP contribution in [0.4, 0.5) is 11.4 Å². The summed E-state index contributed by atoms with van der Waals surface area (Å²) in [6.45, 7) is 2.01. The number of nitro benzene ring substituents is 1. The topological polar surface area (TPSA) is 144 Å². The van der Waals surface area contributed by atoms with E-state index >= 15 is 0 Å². The van der Waals surface area contributed by atoms with Gasteiger partial charge in [0.15, 0.2) is 0 Å². The van der Waals surface area contributed by atoms with Crippen molar-refractivity contribution < 1.29 is 23.2 Å². The number of carboxylic acid groups (broad SMARTS) is 1. The van der Waals surface area contributed by atoms with Crippen LogP contribution in [0.2, 0.25) is 0 Å². The van der Waals surface area contributed by atoms with E-state index in [-0.39, 0.29) is 17.1 Å². The molecule has 3 N–H and O–H groups in total. The number of aliphatic carboxylic acids is 1. The molecule has 1 fully saturated rings. The van der Waals surface area contributed by atoms with Crippen molar-refractivity contribution in [1.29, 1.82) is 0 Å². The molecule has 1 saturated heterocycles. The van der Waals surface area contributed by atoms with E-state index in [4.69, 9.17) is 5.14 Å². The van der Waals surface area contributed by atoms with Gasteiger partial charge in [-0.2, -0.15) is 0 Å². The molecule has 0 spiro atoms. The molecule has 1 heterocycles. The number of primary sulfonamides is 1. The molecular weight excluding hydrogens is 314 g/mol. The van der Waals surface area contributed by atoms with Crippen LogP contribution in [-0.4, -0.2) is 37.5 Å². The Morgan fingerprint density at radius 2 is 2.14 bits per heavy atom. The third-order valence-electron chi connectivity index (χ3n) is 3.80. The second kappa shape index (κ2) is 5.21. The Hall–Kier alpha value is -2.20. The van der Waals surface area contributed by atoms with Crippen molar-refractivity contribution >= 4 is 27.4 Å². The van der Waals surface area contributed by atoms with E-state index < -0.39 is 32.0 Å². The molecule has 1 unspecified atom stereocenters. The third-order valence-corrected chi connectivity index (χ3v) is 4.71. The van der Waals surface area contributed by atoms with E-state index in [9.17, 15) is 28.4 Å².